The lowest BCUT2D eigenvalue weighted by Crippen LogP contribution is -2.52. The minimum absolute atomic E-state index is 0. The molecule has 2 rings (SSSR count). The molecule has 0 aromatic heterocycles. The van der Waals surface area contributed by atoms with Crippen molar-refractivity contribution in [3.8, 4) is 5.75 Å². The molecule has 1 aliphatic rings. The lowest BCUT2D eigenvalue weighted by molar-refractivity contribution is 0.0923. The zero-order valence-electron chi connectivity index (χ0n) is 11.5. The quantitative estimate of drug-likeness (QED) is 0.794. The lowest BCUT2D eigenvalue weighted by Gasteiger charge is -2.32. The molecule has 0 bridgehead atoms. The Labute approximate surface area is 139 Å². The Hall–Kier alpha value is -0.340. The summed E-state index contributed by atoms with van der Waals surface area (Å²) in [7, 11) is -1.60. The van der Waals surface area contributed by atoms with E-state index in [0.29, 0.717) is 12.2 Å². The molecule has 3 atom stereocenters. The van der Waals surface area contributed by atoms with Crippen LogP contribution in [0.3, 0.4) is 0 Å². The number of rotatable bonds is 3. The van der Waals surface area contributed by atoms with Crippen molar-refractivity contribution in [1.82, 2.24) is 0 Å². The molecular formula is C13H19BrClNO4S. The van der Waals surface area contributed by atoms with E-state index in [1.807, 2.05) is 18.2 Å². The zero-order chi connectivity index (χ0) is 14.9. The summed E-state index contributed by atoms with van der Waals surface area (Å²) in [6.07, 6.45) is -0.323. The third-order valence-corrected chi connectivity index (χ3v) is 6.00. The van der Waals surface area contributed by atoms with Crippen molar-refractivity contribution >= 4 is 38.2 Å². The first-order valence-electron chi connectivity index (χ1n) is 6.29. The summed E-state index contributed by atoms with van der Waals surface area (Å²) in [4.78, 5) is 0. The molecule has 5 nitrogen and oxygen atoms in total. The summed E-state index contributed by atoms with van der Waals surface area (Å²) >= 11 is 3.39. The van der Waals surface area contributed by atoms with Crippen LogP contribution in [0.4, 0.5) is 0 Å². The minimum Gasteiger partial charge on any atom is -0.496 e. The average molecular weight is 401 g/mol. The largest absolute Gasteiger partial charge is 0.496 e. The summed E-state index contributed by atoms with van der Waals surface area (Å²) in [5.41, 5.74) is 6.65. The molecule has 0 spiro atoms. The predicted octanol–water partition coefficient (Wildman–Crippen LogP) is 1.15. The van der Waals surface area contributed by atoms with E-state index in [4.69, 9.17) is 10.5 Å². The van der Waals surface area contributed by atoms with Crippen LogP contribution in [0, 0.1) is 5.92 Å². The van der Waals surface area contributed by atoms with Crippen molar-refractivity contribution in [2.75, 3.05) is 18.6 Å². The molecule has 1 aromatic carbocycles. The number of methoxy groups -OCH3 is 1. The van der Waals surface area contributed by atoms with Crippen LogP contribution in [0.2, 0.25) is 0 Å². The first-order valence-corrected chi connectivity index (χ1v) is 8.90. The van der Waals surface area contributed by atoms with Gasteiger partial charge in [0.25, 0.3) is 0 Å². The molecule has 0 aliphatic carbocycles. The van der Waals surface area contributed by atoms with Gasteiger partial charge in [-0.25, -0.2) is 8.42 Å². The van der Waals surface area contributed by atoms with Crippen LogP contribution in [0.5, 0.6) is 5.75 Å². The summed E-state index contributed by atoms with van der Waals surface area (Å²) in [6, 6.07) is 4.84. The molecule has 120 valence electrons. The molecule has 8 heteroatoms. The molecule has 0 unspecified atom stereocenters. The van der Waals surface area contributed by atoms with E-state index in [-0.39, 0.29) is 29.8 Å². The number of aliphatic hydroxyl groups excluding tert-OH is 1. The fraction of sp³-hybridized carbons (Fsp3) is 0.538. The van der Waals surface area contributed by atoms with Gasteiger partial charge in [-0.1, -0.05) is 6.07 Å². The second-order valence-corrected chi connectivity index (χ2v) is 8.17. The lowest BCUT2D eigenvalue weighted by atomic mass is 9.92. The summed E-state index contributed by atoms with van der Waals surface area (Å²) in [6.45, 7) is 0. The van der Waals surface area contributed by atoms with E-state index in [2.05, 4.69) is 15.9 Å². The van der Waals surface area contributed by atoms with Gasteiger partial charge in [0.1, 0.15) is 5.75 Å². The molecule has 3 N–H and O–H groups in total. The highest BCUT2D eigenvalue weighted by Gasteiger charge is 2.37. The first-order chi connectivity index (χ1) is 9.32. The monoisotopic (exact) mass is 399 g/mol. The predicted molar refractivity (Wildman–Crippen MR) is 87.8 cm³/mol. The number of ether oxygens (including phenoxy) is 1. The van der Waals surface area contributed by atoms with Gasteiger partial charge in [0.15, 0.2) is 9.84 Å². The van der Waals surface area contributed by atoms with Gasteiger partial charge in [-0.15, -0.1) is 12.4 Å². The average Bonchev–Trinajstić information content (AvgIpc) is 2.35. The number of hydrogen-bond donors (Lipinski definition) is 2. The molecule has 0 amide bonds. The number of sulfone groups is 1. The number of aliphatic hydroxyl groups is 1. The Morgan fingerprint density at radius 1 is 1.43 bits per heavy atom. The van der Waals surface area contributed by atoms with E-state index in [1.165, 1.54) is 0 Å². The normalized spacial score (nSPS) is 27.7. The molecule has 0 saturated carbocycles. The zero-order valence-corrected chi connectivity index (χ0v) is 14.7. The Morgan fingerprint density at radius 2 is 2.10 bits per heavy atom. The van der Waals surface area contributed by atoms with Crippen LogP contribution in [-0.4, -0.2) is 44.3 Å². The van der Waals surface area contributed by atoms with Gasteiger partial charge in [0.05, 0.1) is 29.2 Å². The maximum absolute atomic E-state index is 11.8. The molecule has 0 radical (unpaired) electrons. The van der Waals surface area contributed by atoms with E-state index in [0.717, 1.165) is 10.0 Å². The van der Waals surface area contributed by atoms with E-state index in [1.54, 1.807) is 7.11 Å². The van der Waals surface area contributed by atoms with Gasteiger partial charge >= 0.3 is 0 Å². The molecule has 1 aromatic rings. The maximum Gasteiger partial charge on any atom is 0.152 e. The molecule has 21 heavy (non-hydrogen) atoms. The number of halogens is 2. The van der Waals surface area contributed by atoms with Crippen LogP contribution in [0.25, 0.3) is 0 Å². The van der Waals surface area contributed by atoms with Crippen molar-refractivity contribution < 1.29 is 18.3 Å². The van der Waals surface area contributed by atoms with Gasteiger partial charge < -0.3 is 15.6 Å². The fourth-order valence-electron chi connectivity index (χ4n) is 2.55. The Balaban J connectivity index is 0.00000220. The van der Waals surface area contributed by atoms with Gasteiger partial charge in [-0.2, -0.15) is 0 Å². The first kappa shape index (κ1) is 18.7. The third-order valence-electron chi connectivity index (χ3n) is 3.55. The summed E-state index contributed by atoms with van der Waals surface area (Å²) in [5, 5.41) is 10.1. The molecule has 1 saturated heterocycles. The number of hydrogen-bond acceptors (Lipinski definition) is 5. The fourth-order valence-corrected chi connectivity index (χ4v) is 5.03. The van der Waals surface area contributed by atoms with Crippen LogP contribution in [0.1, 0.15) is 5.56 Å². The Bertz CT molecular complexity index is 596. The molecular weight excluding hydrogens is 382 g/mol. The van der Waals surface area contributed by atoms with Crippen molar-refractivity contribution in [2.24, 2.45) is 11.7 Å². The van der Waals surface area contributed by atoms with Gasteiger partial charge in [-0.3, -0.25) is 0 Å². The summed E-state index contributed by atoms with van der Waals surface area (Å²) in [5.74, 6) is 0.175. The van der Waals surface area contributed by atoms with Crippen LogP contribution < -0.4 is 10.5 Å². The molecule has 1 aliphatic heterocycles. The molecule has 1 fully saturated rings. The van der Waals surface area contributed by atoms with E-state index < -0.39 is 22.0 Å². The second kappa shape index (κ2) is 7.28. The van der Waals surface area contributed by atoms with Crippen LogP contribution >= 0.6 is 28.3 Å². The number of nitrogens with two attached hydrogens (primary N) is 1. The van der Waals surface area contributed by atoms with E-state index in [9.17, 15) is 13.5 Å². The van der Waals surface area contributed by atoms with E-state index >= 15 is 0 Å². The van der Waals surface area contributed by atoms with Gasteiger partial charge in [0, 0.05) is 12.0 Å². The third kappa shape index (κ3) is 4.56. The van der Waals surface area contributed by atoms with Crippen molar-refractivity contribution in [3.63, 3.8) is 0 Å². The highest BCUT2D eigenvalue weighted by Crippen LogP contribution is 2.28. The van der Waals surface area contributed by atoms with Crippen LogP contribution in [0.15, 0.2) is 22.7 Å². The molecule has 1 heterocycles. The summed E-state index contributed by atoms with van der Waals surface area (Å²) < 4.78 is 29.5. The smallest absolute Gasteiger partial charge is 0.152 e. The van der Waals surface area contributed by atoms with Crippen molar-refractivity contribution in [1.29, 1.82) is 0 Å². The van der Waals surface area contributed by atoms with Gasteiger partial charge in [0.2, 0.25) is 0 Å². The second-order valence-electron chi connectivity index (χ2n) is 5.16. The SMILES string of the molecule is COc1ccc(C[C@@H]2CS(=O)(=O)C[C@H](N)[C@H]2O)cc1Br.Cl. The van der Waals surface area contributed by atoms with Crippen molar-refractivity contribution in [2.45, 2.75) is 18.6 Å². The topological polar surface area (TPSA) is 89.6 Å². The number of benzene rings is 1. The minimum atomic E-state index is -3.18. The highest BCUT2D eigenvalue weighted by atomic mass is 79.9. The van der Waals surface area contributed by atoms with Crippen molar-refractivity contribution in [3.05, 3.63) is 28.2 Å². The van der Waals surface area contributed by atoms with Gasteiger partial charge in [-0.05, 0) is 40.0 Å². The standard InChI is InChI=1S/C13H18BrNO4S.ClH/c1-19-12-3-2-8(5-10(12)14)4-9-6-20(17,18)7-11(15)13(9)16;/h2-3,5,9,11,13,16H,4,6-7,15H2,1H3;1H/t9-,11+,13+;/m1./s1. The maximum atomic E-state index is 11.8. The Kier molecular flexibility index (Phi) is 6.49. The highest BCUT2D eigenvalue weighted by molar-refractivity contribution is 9.10. The Morgan fingerprint density at radius 3 is 2.67 bits per heavy atom. The van der Waals surface area contributed by atoms with Crippen LogP contribution in [-0.2, 0) is 16.3 Å².